The molecule has 0 radical (unpaired) electrons. The van der Waals surface area contributed by atoms with Crippen molar-refractivity contribution in [3.05, 3.63) is 40.4 Å². The van der Waals surface area contributed by atoms with Crippen molar-refractivity contribution in [3.8, 4) is 11.5 Å². The molecule has 2 aromatic heterocycles. The molecule has 2 aliphatic heterocycles. The largest absolute Gasteiger partial charge is 0.465 e. The molecule has 2 N–H and O–H groups in total. The SMILES string of the molecule is COC(=O)c1cccc(-c2nnc(N3C4COCC3c3sc(N)nc3C4)o2)c1. The normalized spacial score (nSPS) is 20.7. The average Bonchev–Trinajstić information content (AvgIpc) is 3.33. The highest BCUT2D eigenvalue weighted by atomic mass is 32.1. The van der Waals surface area contributed by atoms with Crippen LogP contribution in [0, 0.1) is 0 Å². The van der Waals surface area contributed by atoms with Crippen LogP contribution in [0.1, 0.15) is 27.0 Å². The Morgan fingerprint density at radius 3 is 3.11 bits per heavy atom. The van der Waals surface area contributed by atoms with Crippen molar-refractivity contribution in [3.63, 3.8) is 0 Å². The fourth-order valence-corrected chi connectivity index (χ4v) is 4.67. The third-order valence-electron chi connectivity index (χ3n) is 4.96. The molecule has 0 aliphatic carbocycles. The van der Waals surface area contributed by atoms with E-state index in [0.29, 0.717) is 41.4 Å². The molecule has 2 atom stereocenters. The highest BCUT2D eigenvalue weighted by molar-refractivity contribution is 7.15. The van der Waals surface area contributed by atoms with Crippen molar-refractivity contribution >= 4 is 28.5 Å². The summed E-state index contributed by atoms with van der Waals surface area (Å²) < 4.78 is 16.5. The second-order valence-electron chi connectivity index (χ2n) is 6.64. The predicted octanol–water partition coefficient (Wildman–Crippen LogP) is 2.06. The molecule has 1 fully saturated rings. The molecular weight excluding hydrogens is 382 g/mol. The summed E-state index contributed by atoms with van der Waals surface area (Å²) in [7, 11) is 1.34. The van der Waals surface area contributed by atoms with Crippen molar-refractivity contribution < 1.29 is 18.7 Å². The number of benzene rings is 1. The van der Waals surface area contributed by atoms with Gasteiger partial charge < -0.3 is 24.5 Å². The minimum absolute atomic E-state index is 0.0491. The number of aromatic nitrogens is 3. The van der Waals surface area contributed by atoms with Crippen LogP contribution in [0.2, 0.25) is 0 Å². The Kier molecular flexibility index (Phi) is 4.02. The van der Waals surface area contributed by atoms with Gasteiger partial charge in [0.1, 0.15) is 0 Å². The van der Waals surface area contributed by atoms with Crippen molar-refractivity contribution in [1.29, 1.82) is 0 Å². The fourth-order valence-electron chi connectivity index (χ4n) is 3.73. The smallest absolute Gasteiger partial charge is 0.337 e. The summed E-state index contributed by atoms with van der Waals surface area (Å²) in [5.41, 5.74) is 8.02. The summed E-state index contributed by atoms with van der Waals surface area (Å²) in [6.45, 7) is 1.07. The number of ether oxygens (including phenoxy) is 2. The number of rotatable bonds is 3. The zero-order valence-corrected chi connectivity index (χ0v) is 15.8. The monoisotopic (exact) mass is 399 g/mol. The van der Waals surface area contributed by atoms with Gasteiger partial charge in [-0.2, -0.15) is 0 Å². The Labute approximate surface area is 164 Å². The molecule has 4 heterocycles. The van der Waals surface area contributed by atoms with Gasteiger partial charge in [-0.25, -0.2) is 9.78 Å². The van der Waals surface area contributed by atoms with Gasteiger partial charge in [0.25, 0.3) is 0 Å². The van der Waals surface area contributed by atoms with Crippen LogP contribution < -0.4 is 10.6 Å². The number of carbonyl (C=O) groups is 1. The first-order chi connectivity index (χ1) is 13.6. The molecule has 10 heteroatoms. The summed E-state index contributed by atoms with van der Waals surface area (Å²) in [4.78, 5) is 19.4. The first-order valence-corrected chi connectivity index (χ1v) is 9.59. The number of anilines is 2. The lowest BCUT2D eigenvalue weighted by molar-refractivity contribution is 0.0578. The third kappa shape index (κ3) is 2.72. The van der Waals surface area contributed by atoms with Crippen molar-refractivity contribution in [1.82, 2.24) is 15.2 Å². The van der Waals surface area contributed by atoms with E-state index in [1.807, 2.05) is 6.07 Å². The summed E-state index contributed by atoms with van der Waals surface area (Å²) in [6, 6.07) is 7.34. The highest BCUT2D eigenvalue weighted by Gasteiger charge is 2.42. The van der Waals surface area contributed by atoms with E-state index >= 15 is 0 Å². The molecule has 1 saturated heterocycles. The maximum atomic E-state index is 11.8. The number of hydrogen-bond acceptors (Lipinski definition) is 10. The summed E-state index contributed by atoms with van der Waals surface area (Å²) in [6.07, 6.45) is 0.717. The Morgan fingerprint density at radius 2 is 2.25 bits per heavy atom. The number of carbonyl (C=O) groups excluding carboxylic acids is 1. The fraction of sp³-hybridized carbons (Fsp3) is 0.333. The molecule has 0 spiro atoms. The maximum absolute atomic E-state index is 11.8. The lowest BCUT2D eigenvalue weighted by atomic mass is 9.97. The van der Waals surface area contributed by atoms with Crippen LogP contribution in [0.4, 0.5) is 11.1 Å². The molecular formula is C18H17N5O4S. The van der Waals surface area contributed by atoms with E-state index in [9.17, 15) is 4.79 Å². The number of fused-ring (bicyclic) bond motifs is 4. The molecule has 2 bridgehead atoms. The molecule has 9 nitrogen and oxygen atoms in total. The quantitative estimate of drug-likeness (QED) is 0.660. The number of morpholine rings is 1. The molecule has 2 aliphatic rings. The summed E-state index contributed by atoms with van der Waals surface area (Å²) in [5.74, 6) is -0.0750. The Hall–Kier alpha value is -2.98. The standard InChI is InChI=1S/C18H17N5O4S/c1-25-16(24)10-4-2-3-9(5-10)15-21-22-18(27-15)23-11-6-12-14(28-17(19)20-12)13(23)8-26-7-11/h2-5,11,13H,6-8H2,1H3,(H2,19,20). The average molecular weight is 399 g/mol. The second-order valence-corrected chi connectivity index (χ2v) is 7.71. The molecule has 0 amide bonds. The van der Waals surface area contributed by atoms with Crippen molar-refractivity contribution in [2.75, 3.05) is 31.0 Å². The van der Waals surface area contributed by atoms with Gasteiger partial charge >= 0.3 is 12.0 Å². The zero-order chi connectivity index (χ0) is 19.3. The molecule has 2 unspecified atom stereocenters. The van der Waals surface area contributed by atoms with Crippen molar-refractivity contribution in [2.45, 2.75) is 18.5 Å². The first-order valence-electron chi connectivity index (χ1n) is 8.77. The lowest BCUT2D eigenvalue weighted by Gasteiger charge is -2.43. The van der Waals surface area contributed by atoms with E-state index in [1.54, 1.807) is 18.2 Å². The van der Waals surface area contributed by atoms with E-state index in [0.717, 1.165) is 17.0 Å². The second kappa shape index (κ2) is 6.57. The Balaban J connectivity index is 1.49. The Bertz CT molecular complexity index is 1050. The molecule has 28 heavy (non-hydrogen) atoms. The minimum Gasteiger partial charge on any atom is -0.465 e. The molecule has 1 aromatic carbocycles. The number of nitrogen functional groups attached to an aromatic ring is 1. The van der Waals surface area contributed by atoms with Gasteiger partial charge in [-0.15, -0.1) is 5.10 Å². The highest BCUT2D eigenvalue weighted by Crippen LogP contribution is 2.42. The number of nitrogens with zero attached hydrogens (tertiary/aromatic N) is 4. The van der Waals surface area contributed by atoms with E-state index in [2.05, 4.69) is 20.1 Å². The van der Waals surface area contributed by atoms with Crippen LogP contribution in [0.15, 0.2) is 28.7 Å². The lowest BCUT2D eigenvalue weighted by Crippen LogP contribution is -2.51. The zero-order valence-electron chi connectivity index (χ0n) is 15.0. The minimum atomic E-state index is -0.417. The van der Waals surface area contributed by atoms with Crippen molar-refractivity contribution in [2.24, 2.45) is 0 Å². The van der Waals surface area contributed by atoms with Gasteiger partial charge in [0.2, 0.25) is 5.89 Å². The van der Waals surface area contributed by atoms with Gasteiger partial charge in [0.15, 0.2) is 5.13 Å². The van der Waals surface area contributed by atoms with Gasteiger partial charge in [-0.05, 0) is 18.2 Å². The topological polar surface area (TPSA) is 117 Å². The van der Waals surface area contributed by atoms with Crippen LogP contribution in [0.5, 0.6) is 0 Å². The van der Waals surface area contributed by atoms with Crippen LogP contribution in [0.25, 0.3) is 11.5 Å². The van der Waals surface area contributed by atoms with E-state index in [4.69, 9.17) is 19.6 Å². The number of nitrogens with two attached hydrogens (primary N) is 1. The van der Waals surface area contributed by atoms with E-state index in [1.165, 1.54) is 18.4 Å². The predicted molar refractivity (Wildman–Crippen MR) is 101 cm³/mol. The van der Waals surface area contributed by atoms with Gasteiger partial charge in [0.05, 0.1) is 48.5 Å². The van der Waals surface area contributed by atoms with Crippen LogP contribution in [0.3, 0.4) is 0 Å². The molecule has 3 aromatic rings. The van der Waals surface area contributed by atoms with Crippen LogP contribution >= 0.6 is 11.3 Å². The summed E-state index contributed by atoms with van der Waals surface area (Å²) in [5, 5.41) is 9.01. The van der Waals surface area contributed by atoms with Crippen LogP contribution in [-0.4, -0.2) is 47.5 Å². The number of methoxy groups -OCH3 is 1. The summed E-state index contributed by atoms with van der Waals surface area (Å²) >= 11 is 1.47. The molecule has 5 rings (SSSR count). The van der Waals surface area contributed by atoms with E-state index in [-0.39, 0.29) is 12.1 Å². The number of esters is 1. The number of thiazole rings is 1. The molecule has 0 saturated carbocycles. The van der Waals surface area contributed by atoms with Gasteiger partial charge in [0, 0.05) is 12.0 Å². The first kappa shape index (κ1) is 17.1. The van der Waals surface area contributed by atoms with Gasteiger partial charge in [-0.1, -0.05) is 22.5 Å². The van der Waals surface area contributed by atoms with Gasteiger partial charge in [-0.3, -0.25) is 0 Å². The molecule has 144 valence electrons. The van der Waals surface area contributed by atoms with E-state index < -0.39 is 5.97 Å². The third-order valence-corrected chi connectivity index (χ3v) is 5.98. The van der Waals surface area contributed by atoms with Crippen LogP contribution in [-0.2, 0) is 15.9 Å². The maximum Gasteiger partial charge on any atom is 0.337 e. The Morgan fingerprint density at radius 1 is 1.36 bits per heavy atom. The number of hydrogen-bond donors (Lipinski definition) is 1.